The predicted molar refractivity (Wildman–Crippen MR) is 52.2 cm³/mol. The van der Waals surface area contributed by atoms with Gasteiger partial charge in [0.25, 0.3) is 0 Å². The van der Waals surface area contributed by atoms with Crippen molar-refractivity contribution in [1.82, 2.24) is 14.9 Å². The summed E-state index contributed by atoms with van der Waals surface area (Å²) >= 11 is 0. The highest BCUT2D eigenvalue weighted by Crippen LogP contribution is 2.32. The van der Waals surface area contributed by atoms with E-state index in [1.54, 1.807) is 0 Å². The third kappa shape index (κ3) is 2.10. The van der Waals surface area contributed by atoms with Gasteiger partial charge in [0.05, 0.1) is 12.0 Å². The Balaban J connectivity index is 1.81. The summed E-state index contributed by atoms with van der Waals surface area (Å²) in [6.45, 7) is 3.21. The molecule has 0 amide bonds. The minimum Gasteiger partial charge on any atom is -0.337 e. The summed E-state index contributed by atoms with van der Waals surface area (Å²) in [7, 11) is 2.03. The van der Waals surface area contributed by atoms with Gasteiger partial charge < -0.3 is 9.88 Å². The Labute approximate surface area is 79.2 Å². The van der Waals surface area contributed by atoms with E-state index in [-0.39, 0.29) is 0 Å². The van der Waals surface area contributed by atoms with Gasteiger partial charge in [-0.2, -0.15) is 0 Å². The van der Waals surface area contributed by atoms with Crippen LogP contribution in [-0.4, -0.2) is 15.6 Å². The molecular weight excluding hydrogens is 162 g/mol. The van der Waals surface area contributed by atoms with E-state index in [1.165, 1.54) is 18.5 Å². The molecule has 1 aromatic rings. The van der Waals surface area contributed by atoms with Crippen molar-refractivity contribution in [3.63, 3.8) is 0 Å². The molecule has 1 N–H and O–H groups in total. The van der Waals surface area contributed by atoms with Gasteiger partial charge in [-0.15, -0.1) is 0 Å². The second-order valence-corrected chi connectivity index (χ2v) is 4.00. The standard InChI is InChI=1S/C10H17N3/c1-8(9-3-4-9)12-6-10-5-11-7-13(10)2/h5,7-9,12H,3-4,6H2,1-2H3. The van der Waals surface area contributed by atoms with Gasteiger partial charge in [-0.3, -0.25) is 0 Å². The summed E-state index contributed by atoms with van der Waals surface area (Å²) in [6.07, 6.45) is 6.57. The number of aryl methyl sites for hydroxylation is 1. The zero-order chi connectivity index (χ0) is 9.26. The van der Waals surface area contributed by atoms with Crippen molar-refractivity contribution in [3.8, 4) is 0 Å². The van der Waals surface area contributed by atoms with E-state index in [0.717, 1.165) is 12.5 Å². The fraction of sp³-hybridized carbons (Fsp3) is 0.700. The Kier molecular flexibility index (Phi) is 2.36. The molecule has 1 fully saturated rings. The molecule has 1 unspecified atom stereocenters. The molecule has 0 aromatic carbocycles. The maximum atomic E-state index is 4.08. The summed E-state index contributed by atoms with van der Waals surface area (Å²) in [4.78, 5) is 4.08. The fourth-order valence-electron chi connectivity index (χ4n) is 1.58. The molecule has 3 heteroatoms. The summed E-state index contributed by atoms with van der Waals surface area (Å²) < 4.78 is 2.06. The molecule has 1 atom stereocenters. The number of hydrogen-bond acceptors (Lipinski definition) is 2. The lowest BCUT2D eigenvalue weighted by Gasteiger charge is -2.12. The Morgan fingerprint density at radius 3 is 3.00 bits per heavy atom. The first-order chi connectivity index (χ1) is 6.27. The SMILES string of the molecule is CC(NCc1cncn1C)C1CC1. The average Bonchev–Trinajstić information content (AvgIpc) is 2.88. The van der Waals surface area contributed by atoms with E-state index in [9.17, 15) is 0 Å². The lowest BCUT2D eigenvalue weighted by molar-refractivity contribution is 0.487. The van der Waals surface area contributed by atoms with Crippen molar-refractivity contribution in [2.24, 2.45) is 13.0 Å². The number of nitrogens with one attached hydrogen (secondary N) is 1. The van der Waals surface area contributed by atoms with Gasteiger partial charge in [0.2, 0.25) is 0 Å². The average molecular weight is 179 g/mol. The monoisotopic (exact) mass is 179 g/mol. The molecule has 0 bridgehead atoms. The minimum atomic E-state index is 0.662. The highest BCUT2D eigenvalue weighted by Gasteiger charge is 2.27. The maximum Gasteiger partial charge on any atom is 0.0945 e. The van der Waals surface area contributed by atoms with Crippen molar-refractivity contribution in [1.29, 1.82) is 0 Å². The highest BCUT2D eigenvalue weighted by molar-refractivity contribution is 4.97. The van der Waals surface area contributed by atoms with E-state index in [4.69, 9.17) is 0 Å². The van der Waals surface area contributed by atoms with Crippen LogP contribution in [0.25, 0.3) is 0 Å². The molecule has 1 aliphatic rings. The molecule has 0 radical (unpaired) electrons. The summed E-state index contributed by atoms with van der Waals surface area (Å²) in [5, 5.41) is 3.53. The number of aromatic nitrogens is 2. The third-order valence-electron chi connectivity index (χ3n) is 2.85. The Morgan fingerprint density at radius 1 is 1.69 bits per heavy atom. The Morgan fingerprint density at radius 2 is 2.46 bits per heavy atom. The van der Waals surface area contributed by atoms with Crippen LogP contribution in [0.1, 0.15) is 25.5 Å². The first kappa shape index (κ1) is 8.75. The molecule has 72 valence electrons. The van der Waals surface area contributed by atoms with Crippen molar-refractivity contribution in [3.05, 3.63) is 18.2 Å². The van der Waals surface area contributed by atoms with Crippen LogP contribution in [0.5, 0.6) is 0 Å². The van der Waals surface area contributed by atoms with Crippen molar-refractivity contribution >= 4 is 0 Å². The third-order valence-corrected chi connectivity index (χ3v) is 2.85. The first-order valence-electron chi connectivity index (χ1n) is 4.96. The zero-order valence-corrected chi connectivity index (χ0v) is 8.33. The molecule has 0 spiro atoms. The Hall–Kier alpha value is -0.830. The second-order valence-electron chi connectivity index (χ2n) is 4.00. The lowest BCUT2D eigenvalue weighted by Crippen LogP contribution is -2.27. The normalized spacial score (nSPS) is 18.9. The number of nitrogens with zero attached hydrogens (tertiary/aromatic N) is 2. The van der Waals surface area contributed by atoms with E-state index in [1.807, 2.05) is 19.6 Å². The van der Waals surface area contributed by atoms with E-state index >= 15 is 0 Å². The largest absolute Gasteiger partial charge is 0.337 e. The zero-order valence-electron chi connectivity index (χ0n) is 8.33. The van der Waals surface area contributed by atoms with Crippen LogP contribution < -0.4 is 5.32 Å². The molecule has 2 rings (SSSR count). The predicted octanol–water partition coefficient (Wildman–Crippen LogP) is 1.31. The van der Waals surface area contributed by atoms with E-state index in [0.29, 0.717) is 6.04 Å². The Bertz CT molecular complexity index is 275. The number of rotatable bonds is 4. The molecule has 1 aromatic heterocycles. The summed E-state index contributed by atoms with van der Waals surface area (Å²) in [5.41, 5.74) is 1.26. The van der Waals surface area contributed by atoms with Crippen LogP contribution in [0.3, 0.4) is 0 Å². The van der Waals surface area contributed by atoms with Gasteiger partial charge in [0.1, 0.15) is 0 Å². The van der Waals surface area contributed by atoms with Gasteiger partial charge in [-0.05, 0) is 25.7 Å². The molecule has 13 heavy (non-hydrogen) atoms. The topological polar surface area (TPSA) is 29.9 Å². The summed E-state index contributed by atoms with van der Waals surface area (Å²) in [5.74, 6) is 0.924. The molecular formula is C10H17N3. The van der Waals surface area contributed by atoms with Crippen LogP contribution in [-0.2, 0) is 13.6 Å². The first-order valence-corrected chi connectivity index (χ1v) is 4.96. The quantitative estimate of drug-likeness (QED) is 0.755. The second kappa shape index (κ2) is 3.50. The summed E-state index contributed by atoms with van der Waals surface area (Å²) in [6, 6.07) is 0.662. The van der Waals surface area contributed by atoms with Crippen LogP contribution in [0.15, 0.2) is 12.5 Å². The number of imidazole rings is 1. The van der Waals surface area contributed by atoms with Crippen molar-refractivity contribution in [2.45, 2.75) is 32.4 Å². The van der Waals surface area contributed by atoms with Gasteiger partial charge >= 0.3 is 0 Å². The van der Waals surface area contributed by atoms with Gasteiger partial charge in [0, 0.05) is 25.8 Å². The van der Waals surface area contributed by atoms with Crippen molar-refractivity contribution in [2.75, 3.05) is 0 Å². The lowest BCUT2D eigenvalue weighted by atomic mass is 10.2. The molecule has 0 aliphatic heterocycles. The minimum absolute atomic E-state index is 0.662. The fourth-order valence-corrected chi connectivity index (χ4v) is 1.58. The van der Waals surface area contributed by atoms with E-state index < -0.39 is 0 Å². The highest BCUT2D eigenvalue weighted by atomic mass is 15.0. The van der Waals surface area contributed by atoms with Gasteiger partial charge in [-0.1, -0.05) is 0 Å². The van der Waals surface area contributed by atoms with Gasteiger partial charge in [-0.25, -0.2) is 4.98 Å². The maximum absolute atomic E-state index is 4.08. The smallest absolute Gasteiger partial charge is 0.0945 e. The van der Waals surface area contributed by atoms with Crippen LogP contribution in [0, 0.1) is 5.92 Å². The molecule has 0 saturated heterocycles. The van der Waals surface area contributed by atoms with Crippen LogP contribution in [0.2, 0.25) is 0 Å². The van der Waals surface area contributed by atoms with Crippen LogP contribution >= 0.6 is 0 Å². The van der Waals surface area contributed by atoms with Gasteiger partial charge in [0.15, 0.2) is 0 Å². The molecule has 3 nitrogen and oxygen atoms in total. The van der Waals surface area contributed by atoms with Crippen molar-refractivity contribution < 1.29 is 0 Å². The van der Waals surface area contributed by atoms with E-state index in [2.05, 4.69) is 21.8 Å². The molecule has 1 heterocycles. The molecule has 1 aliphatic carbocycles. The van der Waals surface area contributed by atoms with Crippen LogP contribution in [0.4, 0.5) is 0 Å². The molecule has 1 saturated carbocycles. The number of hydrogen-bond donors (Lipinski definition) is 1.